The zero-order chi connectivity index (χ0) is 21.8. The molecule has 4 aromatic rings. The zero-order valence-corrected chi connectivity index (χ0v) is 17.3. The number of nitrogens with zero attached hydrogens (tertiary/aromatic N) is 6. The second-order valence-electron chi connectivity index (χ2n) is 7.41. The van der Waals surface area contributed by atoms with Crippen molar-refractivity contribution >= 4 is 29.4 Å². The molecule has 3 heterocycles. The number of hydrogen-bond donors (Lipinski definition) is 2. The third-order valence-electron chi connectivity index (χ3n) is 5.19. The number of aromatic nitrogens is 5. The van der Waals surface area contributed by atoms with Gasteiger partial charge in [0, 0.05) is 24.7 Å². The van der Waals surface area contributed by atoms with Crippen molar-refractivity contribution in [2.45, 2.75) is 12.8 Å². The molecule has 2 aromatic heterocycles. The summed E-state index contributed by atoms with van der Waals surface area (Å²) in [6, 6.07) is 20.5. The second-order valence-corrected chi connectivity index (χ2v) is 7.41. The SMILES string of the molecule is O=C(Nc1nc(Nc2cc(N3CCCC3)ncn2)n(-c2ccccc2)n1)c1ccccc1. The van der Waals surface area contributed by atoms with Crippen molar-refractivity contribution in [3.63, 3.8) is 0 Å². The van der Waals surface area contributed by atoms with Crippen LogP contribution in [0.4, 0.5) is 23.5 Å². The number of benzene rings is 2. The van der Waals surface area contributed by atoms with Gasteiger partial charge < -0.3 is 10.2 Å². The minimum Gasteiger partial charge on any atom is -0.356 e. The van der Waals surface area contributed by atoms with Crippen LogP contribution in [0, 0.1) is 0 Å². The van der Waals surface area contributed by atoms with Crippen molar-refractivity contribution in [2.24, 2.45) is 0 Å². The van der Waals surface area contributed by atoms with Gasteiger partial charge in [0.15, 0.2) is 0 Å². The quantitative estimate of drug-likeness (QED) is 0.485. The summed E-state index contributed by atoms with van der Waals surface area (Å²) in [5.74, 6) is 1.83. The number of amides is 1. The van der Waals surface area contributed by atoms with Crippen LogP contribution >= 0.6 is 0 Å². The van der Waals surface area contributed by atoms with Gasteiger partial charge in [-0.25, -0.2) is 9.97 Å². The number of anilines is 4. The molecule has 0 bridgehead atoms. The zero-order valence-electron chi connectivity index (χ0n) is 17.3. The van der Waals surface area contributed by atoms with Crippen molar-refractivity contribution in [1.29, 1.82) is 0 Å². The van der Waals surface area contributed by atoms with E-state index in [2.05, 4.69) is 35.6 Å². The normalized spacial score (nSPS) is 13.2. The Morgan fingerprint density at radius 1 is 0.906 bits per heavy atom. The van der Waals surface area contributed by atoms with Crippen LogP contribution in [0.2, 0.25) is 0 Å². The Balaban J connectivity index is 1.44. The van der Waals surface area contributed by atoms with Crippen molar-refractivity contribution in [1.82, 2.24) is 24.7 Å². The van der Waals surface area contributed by atoms with Crippen LogP contribution in [0.25, 0.3) is 5.69 Å². The summed E-state index contributed by atoms with van der Waals surface area (Å²) in [5, 5.41) is 10.5. The average molecular weight is 426 g/mol. The Morgan fingerprint density at radius 3 is 2.38 bits per heavy atom. The van der Waals surface area contributed by atoms with Gasteiger partial charge in [-0.05, 0) is 37.1 Å². The summed E-state index contributed by atoms with van der Waals surface area (Å²) in [6.45, 7) is 1.98. The molecule has 160 valence electrons. The van der Waals surface area contributed by atoms with Crippen LogP contribution in [0.3, 0.4) is 0 Å². The van der Waals surface area contributed by atoms with Gasteiger partial charge in [-0.1, -0.05) is 36.4 Å². The molecule has 0 unspecified atom stereocenters. The first kappa shape index (κ1) is 19.7. The molecule has 5 rings (SSSR count). The topological polar surface area (TPSA) is 101 Å². The van der Waals surface area contributed by atoms with Crippen molar-refractivity contribution in [3.05, 3.63) is 78.6 Å². The Bertz CT molecular complexity index is 1200. The monoisotopic (exact) mass is 426 g/mol. The lowest BCUT2D eigenvalue weighted by Gasteiger charge is -2.16. The van der Waals surface area contributed by atoms with E-state index in [-0.39, 0.29) is 11.9 Å². The van der Waals surface area contributed by atoms with Crippen LogP contribution in [0.15, 0.2) is 73.1 Å². The van der Waals surface area contributed by atoms with E-state index in [4.69, 9.17) is 0 Å². The molecule has 32 heavy (non-hydrogen) atoms. The molecule has 0 aliphatic carbocycles. The van der Waals surface area contributed by atoms with Gasteiger partial charge in [-0.2, -0.15) is 9.67 Å². The number of para-hydroxylation sites is 1. The average Bonchev–Trinajstić information content (AvgIpc) is 3.51. The van der Waals surface area contributed by atoms with E-state index in [1.54, 1.807) is 16.8 Å². The smallest absolute Gasteiger partial charge is 0.258 e. The molecule has 1 aliphatic rings. The van der Waals surface area contributed by atoms with Gasteiger partial charge >= 0.3 is 0 Å². The van der Waals surface area contributed by atoms with Crippen LogP contribution in [-0.4, -0.2) is 43.7 Å². The molecule has 2 aromatic carbocycles. The van der Waals surface area contributed by atoms with Crippen LogP contribution < -0.4 is 15.5 Å². The predicted molar refractivity (Wildman–Crippen MR) is 123 cm³/mol. The molecule has 0 radical (unpaired) electrons. The summed E-state index contributed by atoms with van der Waals surface area (Å²) in [5.41, 5.74) is 1.33. The van der Waals surface area contributed by atoms with E-state index in [9.17, 15) is 4.79 Å². The number of carbonyl (C=O) groups is 1. The lowest BCUT2D eigenvalue weighted by atomic mass is 10.2. The number of carbonyl (C=O) groups excluding carboxylic acids is 1. The third kappa shape index (κ3) is 4.27. The highest BCUT2D eigenvalue weighted by Crippen LogP contribution is 2.23. The first-order chi connectivity index (χ1) is 15.8. The molecule has 0 spiro atoms. The molecular weight excluding hydrogens is 404 g/mol. The highest BCUT2D eigenvalue weighted by Gasteiger charge is 2.17. The van der Waals surface area contributed by atoms with Gasteiger partial charge in [0.1, 0.15) is 18.0 Å². The molecule has 0 saturated carbocycles. The van der Waals surface area contributed by atoms with Crippen LogP contribution in [0.5, 0.6) is 0 Å². The predicted octanol–water partition coefficient (Wildman–Crippen LogP) is 3.65. The Kier molecular flexibility index (Phi) is 5.44. The maximum absolute atomic E-state index is 12.6. The summed E-state index contributed by atoms with van der Waals surface area (Å²) in [7, 11) is 0. The van der Waals surface area contributed by atoms with Gasteiger partial charge in [-0.15, -0.1) is 5.10 Å². The second kappa shape index (κ2) is 8.84. The molecule has 1 amide bonds. The van der Waals surface area contributed by atoms with E-state index < -0.39 is 0 Å². The van der Waals surface area contributed by atoms with Gasteiger partial charge in [0.2, 0.25) is 5.95 Å². The van der Waals surface area contributed by atoms with Crippen LogP contribution in [-0.2, 0) is 0 Å². The molecule has 9 nitrogen and oxygen atoms in total. The fraction of sp³-hybridized carbons (Fsp3) is 0.174. The molecule has 0 atom stereocenters. The molecule has 1 saturated heterocycles. The first-order valence-corrected chi connectivity index (χ1v) is 10.5. The number of rotatable bonds is 6. The fourth-order valence-electron chi connectivity index (χ4n) is 3.61. The van der Waals surface area contributed by atoms with E-state index in [0.29, 0.717) is 17.3 Å². The maximum atomic E-state index is 12.6. The summed E-state index contributed by atoms with van der Waals surface area (Å²) in [6.07, 6.45) is 3.87. The minimum atomic E-state index is -0.277. The molecule has 2 N–H and O–H groups in total. The van der Waals surface area contributed by atoms with Gasteiger partial charge in [0.25, 0.3) is 11.9 Å². The minimum absolute atomic E-state index is 0.194. The highest BCUT2D eigenvalue weighted by molar-refractivity contribution is 6.03. The summed E-state index contributed by atoms with van der Waals surface area (Å²) in [4.78, 5) is 28.1. The lowest BCUT2D eigenvalue weighted by Crippen LogP contribution is -2.19. The van der Waals surface area contributed by atoms with E-state index >= 15 is 0 Å². The number of nitrogens with one attached hydrogen (secondary N) is 2. The summed E-state index contributed by atoms with van der Waals surface area (Å²) >= 11 is 0. The molecule has 1 aliphatic heterocycles. The Morgan fingerprint density at radius 2 is 1.62 bits per heavy atom. The first-order valence-electron chi connectivity index (χ1n) is 10.5. The molecule has 9 heteroatoms. The molecular formula is C23H22N8O. The lowest BCUT2D eigenvalue weighted by molar-refractivity contribution is 0.102. The van der Waals surface area contributed by atoms with Gasteiger partial charge in [-0.3, -0.25) is 10.1 Å². The molecule has 1 fully saturated rings. The Hall–Kier alpha value is -4.27. The standard InChI is InChI=1S/C23H22N8O/c32-21(17-9-3-1-4-10-17)27-22-28-23(31(29-22)18-11-5-2-6-12-18)26-19-15-20(25-16-24-19)30-13-7-8-14-30/h1-6,9-12,15-16H,7-8,13-14H2,(H2,24,25,26,27,28,29,32). The van der Waals surface area contributed by atoms with Crippen molar-refractivity contribution in [3.8, 4) is 5.69 Å². The van der Waals surface area contributed by atoms with Crippen molar-refractivity contribution < 1.29 is 4.79 Å². The van der Waals surface area contributed by atoms with E-state index in [1.165, 1.54) is 19.2 Å². The largest absolute Gasteiger partial charge is 0.356 e. The van der Waals surface area contributed by atoms with E-state index in [0.717, 1.165) is 24.6 Å². The fourth-order valence-corrected chi connectivity index (χ4v) is 3.61. The Labute approximate surface area is 185 Å². The number of hydrogen-bond acceptors (Lipinski definition) is 7. The van der Waals surface area contributed by atoms with Crippen molar-refractivity contribution in [2.75, 3.05) is 28.6 Å². The van der Waals surface area contributed by atoms with E-state index in [1.807, 2.05) is 54.6 Å². The van der Waals surface area contributed by atoms with Gasteiger partial charge in [0.05, 0.1) is 5.69 Å². The third-order valence-corrected chi connectivity index (χ3v) is 5.19. The van der Waals surface area contributed by atoms with Crippen LogP contribution in [0.1, 0.15) is 23.2 Å². The maximum Gasteiger partial charge on any atom is 0.258 e. The summed E-state index contributed by atoms with van der Waals surface area (Å²) < 4.78 is 1.64. The highest BCUT2D eigenvalue weighted by atomic mass is 16.1.